The van der Waals surface area contributed by atoms with Crippen LogP contribution in [-0.4, -0.2) is 21.4 Å². The molecule has 2 aromatic carbocycles. The summed E-state index contributed by atoms with van der Waals surface area (Å²) >= 11 is 1.42. The summed E-state index contributed by atoms with van der Waals surface area (Å²) in [6.45, 7) is 7.47. The molecule has 0 aliphatic rings. The first-order valence-corrected chi connectivity index (χ1v) is 10.8. The number of benzene rings is 2. The number of nitrogens with zero attached hydrogens (tertiary/aromatic N) is 2. The molecule has 1 amide bonds. The SMILES string of the molecule is Cc1ccc(C)c(OC(C)C(=O)Nc2ccc(-c3csc4nc(C)cc(=O)n34)cc2)c1. The molecule has 31 heavy (non-hydrogen) atoms. The van der Waals surface area contributed by atoms with Gasteiger partial charge >= 0.3 is 0 Å². The van der Waals surface area contributed by atoms with Crippen LogP contribution in [0, 0.1) is 20.8 Å². The summed E-state index contributed by atoms with van der Waals surface area (Å²) in [6.07, 6.45) is -0.645. The van der Waals surface area contributed by atoms with Gasteiger partial charge in [0.15, 0.2) is 11.1 Å². The molecule has 1 atom stereocenters. The van der Waals surface area contributed by atoms with E-state index in [1.54, 1.807) is 11.3 Å². The third kappa shape index (κ3) is 4.36. The summed E-state index contributed by atoms with van der Waals surface area (Å²) in [6, 6.07) is 14.8. The summed E-state index contributed by atoms with van der Waals surface area (Å²) in [5.41, 5.74) is 4.97. The van der Waals surface area contributed by atoms with Gasteiger partial charge in [-0.1, -0.05) is 24.3 Å². The lowest BCUT2D eigenvalue weighted by Crippen LogP contribution is -2.30. The quantitative estimate of drug-likeness (QED) is 0.493. The van der Waals surface area contributed by atoms with Crippen molar-refractivity contribution in [3.05, 3.63) is 81.1 Å². The zero-order chi connectivity index (χ0) is 22.1. The number of ether oxygens (including phenoxy) is 1. The number of thiazole rings is 1. The minimum absolute atomic E-state index is 0.103. The number of carbonyl (C=O) groups is 1. The topological polar surface area (TPSA) is 72.7 Å². The van der Waals surface area contributed by atoms with Crippen LogP contribution in [-0.2, 0) is 4.79 Å². The van der Waals surface area contributed by atoms with Crippen LogP contribution in [0.3, 0.4) is 0 Å². The normalized spacial score (nSPS) is 12.0. The largest absolute Gasteiger partial charge is 0.481 e. The minimum atomic E-state index is -0.645. The van der Waals surface area contributed by atoms with Crippen molar-refractivity contribution >= 4 is 27.9 Å². The fourth-order valence-corrected chi connectivity index (χ4v) is 4.23. The molecule has 4 aromatic rings. The summed E-state index contributed by atoms with van der Waals surface area (Å²) in [5, 5.41) is 4.80. The lowest BCUT2D eigenvalue weighted by Gasteiger charge is -2.17. The Morgan fingerprint density at radius 3 is 2.58 bits per heavy atom. The molecular weight excluding hydrogens is 410 g/mol. The highest BCUT2D eigenvalue weighted by molar-refractivity contribution is 7.15. The maximum absolute atomic E-state index is 12.6. The van der Waals surface area contributed by atoms with Crippen molar-refractivity contribution in [3.63, 3.8) is 0 Å². The van der Waals surface area contributed by atoms with Crippen LogP contribution in [0.4, 0.5) is 5.69 Å². The van der Waals surface area contributed by atoms with E-state index < -0.39 is 6.10 Å². The average molecular weight is 434 g/mol. The van der Waals surface area contributed by atoms with Gasteiger partial charge in [-0.25, -0.2) is 4.98 Å². The van der Waals surface area contributed by atoms with Crippen molar-refractivity contribution < 1.29 is 9.53 Å². The standard InChI is InChI=1S/C24H23N3O3S/c1-14-5-6-15(2)21(11-14)30-17(4)23(29)26-19-9-7-18(8-10-19)20-13-31-24-25-16(3)12-22(28)27(20)24/h5-13,17H,1-4H3,(H,26,29). The smallest absolute Gasteiger partial charge is 0.265 e. The number of amides is 1. The fraction of sp³-hybridized carbons (Fsp3) is 0.208. The van der Waals surface area contributed by atoms with Gasteiger partial charge in [0.1, 0.15) is 5.75 Å². The van der Waals surface area contributed by atoms with Crippen LogP contribution >= 0.6 is 11.3 Å². The summed E-state index contributed by atoms with van der Waals surface area (Å²) < 4.78 is 7.46. The van der Waals surface area contributed by atoms with Crippen molar-refractivity contribution in [1.82, 2.24) is 9.38 Å². The fourth-order valence-electron chi connectivity index (χ4n) is 3.28. The van der Waals surface area contributed by atoms with E-state index in [1.807, 2.05) is 68.6 Å². The third-order valence-electron chi connectivity index (χ3n) is 5.00. The van der Waals surface area contributed by atoms with Crippen molar-refractivity contribution in [2.75, 3.05) is 5.32 Å². The van der Waals surface area contributed by atoms with Crippen molar-refractivity contribution in [2.24, 2.45) is 0 Å². The van der Waals surface area contributed by atoms with E-state index in [4.69, 9.17) is 4.74 Å². The molecule has 0 aliphatic heterocycles. The molecule has 2 aromatic heterocycles. The zero-order valence-electron chi connectivity index (χ0n) is 17.8. The molecule has 0 bridgehead atoms. The van der Waals surface area contributed by atoms with Crippen LogP contribution in [0.1, 0.15) is 23.7 Å². The number of rotatable bonds is 5. The number of fused-ring (bicyclic) bond motifs is 1. The second-order valence-electron chi connectivity index (χ2n) is 7.57. The number of carbonyl (C=O) groups excluding carboxylic acids is 1. The van der Waals surface area contributed by atoms with Crippen LogP contribution in [0.25, 0.3) is 16.2 Å². The van der Waals surface area contributed by atoms with Gasteiger partial charge in [-0.05, 0) is 62.6 Å². The number of anilines is 1. The molecule has 2 heterocycles. The first-order valence-electron chi connectivity index (χ1n) is 9.95. The number of nitrogens with one attached hydrogen (secondary N) is 1. The van der Waals surface area contributed by atoms with Gasteiger partial charge in [0, 0.05) is 22.8 Å². The van der Waals surface area contributed by atoms with E-state index in [2.05, 4.69) is 10.3 Å². The first-order chi connectivity index (χ1) is 14.8. The molecule has 0 fully saturated rings. The molecular formula is C24H23N3O3S. The van der Waals surface area contributed by atoms with Crippen LogP contribution in [0.5, 0.6) is 5.75 Å². The predicted octanol–water partition coefficient (Wildman–Crippen LogP) is 4.75. The summed E-state index contributed by atoms with van der Waals surface area (Å²) in [4.78, 5) is 30.1. The highest BCUT2D eigenvalue weighted by Crippen LogP contribution is 2.26. The highest BCUT2D eigenvalue weighted by Gasteiger charge is 2.16. The van der Waals surface area contributed by atoms with Gasteiger partial charge in [0.25, 0.3) is 11.5 Å². The zero-order valence-corrected chi connectivity index (χ0v) is 18.6. The number of aryl methyl sites for hydroxylation is 3. The van der Waals surface area contributed by atoms with E-state index in [1.165, 1.54) is 17.4 Å². The van der Waals surface area contributed by atoms with Crippen LogP contribution < -0.4 is 15.6 Å². The summed E-state index contributed by atoms with van der Waals surface area (Å²) in [7, 11) is 0. The second kappa shape index (κ2) is 8.35. The molecule has 1 N–H and O–H groups in total. The first kappa shape index (κ1) is 20.8. The van der Waals surface area contributed by atoms with Gasteiger partial charge in [0.2, 0.25) is 0 Å². The lowest BCUT2D eigenvalue weighted by atomic mass is 10.1. The van der Waals surface area contributed by atoms with E-state index in [9.17, 15) is 9.59 Å². The molecule has 7 heteroatoms. The molecule has 0 saturated carbocycles. The lowest BCUT2D eigenvalue weighted by molar-refractivity contribution is -0.122. The maximum atomic E-state index is 12.6. The average Bonchev–Trinajstić information content (AvgIpc) is 3.15. The number of hydrogen-bond acceptors (Lipinski definition) is 5. The molecule has 6 nitrogen and oxygen atoms in total. The second-order valence-corrected chi connectivity index (χ2v) is 8.41. The predicted molar refractivity (Wildman–Crippen MR) is 124 cm³/mol. The Morgan fingerprint density at radius 1 is 1.10 bits per heavy atom. The third-order valence-corrected chi connectivity index (χ3v) is 5.82. The van der Waals surface area contributed by atoms with Gasteiger partial charge in [-0.2, -0.15) is 0 Å². The molecule has 158 valence electrons. The van der Waals surface area contributed by atoms with Crippen LogP contribution in [0.15, 0.2) is 58.7 Å². The summed E-state index contributed by atoms with van der Waals surface area (Å²) in [5.74, 6) is 0.474. The van der Waals surface area contributed by atoms with Crippen molar-refractivity contribution in [2.45, 2.75) is 33.8 Å². The van der Waals surface area contributed by atoms with Crippen molar-refractivity contribution in [1.29, 1.82) is 0 Å². The molecule has 0 saturated heterocycles. The Bertz CT molecular complexity index is 1320. The van der Waals surface area contributed by atoms with E-state index in [-0.39, 0.29) is 11.5 Å². The Labute approximate surface area is 184 Å². The van der Waals surface area contributed by atoms with Crippen molar-refractivity contribution in [3.8, 4) is 17.0 Å². The molecule has 4 rings (SSSR count). The number of aromatic nitrogens is 2. The monoisotopic (exact) mass is 433 g/mol. The van der Waals surface area contributed by atoms with Gasteiger partial charge < -0.3 is 10.1 Å². The molecule has 1 unspecified atom stereocenters. The Kier molecular flexibility index (Phi) is 5.61. The van der Waals surface area contributed by atoms with Crippen LogP contribution in [0.2, 0.25) is 0 Å². The molecule has 0 aliphatic carbocycles. The van der Waals surface area contributed by atoms with E-state index in [0.29, 0.717) is 22.1 Å². The van der Waals surface area contributed by atoms with E-state index >= 15 is 0 Å². The number of hydrogen-bond donors (Lipinski definition) is 1. The van der Waals surface area contributed by atoms with E-state index in [0.717, 1.165) is 22.4 Å². The van der Waals surface area contributed by atoms with Gasteiger partial charge in [-0.15, -0.1) is 11.3 Å². The molecule has 0 spiro atoms. The Balaban J connectivity index is 1.49. The highest BCUT2D eigenvalue weighted by atomic mass is 32.1. The van der Waals surface area contributed by atoms with Gasteiger partial charge in [0.05, 0.1) is 5.69 Å². The Morgan fingerprint density at radius 2 is 1.84 bits per heavy atom. The molecule has 0 radical (unpaired) electrons. The Hall–Kier alpha value is -3.45. The maximum Gasteiger partial charge on any atom is 0.265 e. The van der Waals surface area contributed by atoms with Gasteiger partial charge in [-0.3, -0.25) is 14.0 Å². The minimum Gasteiger partial charge on any atom is -0.481 e.